The Hall–Kier alpha value is -4.14. The molecule has 3 aromatic rings. The van der Waals surface area contributed by atoms with Gasteiger partial charge in [0.2, 0.25) is 5.91 Å². The van der Waals surface area contributed by atoms with E-state index in [9.17, 15) is 24.3 Å². The quantitative estimate of drug-likeness (QED) is 0.415. The first-order valence-corrected chi connectivity index (χ1v) is 11.2. The Bertz CT molecular complexity index is 1280. The topological polar surface area (TPSA) is 138 Å². The number of amides is 2. The minimum absolute atomic E-state index is 0.312. The summed E-state index contributed by atoms with van der Waals surface area (Å²) >= 11 is 0. The smallest absolute Gasteiger partial charge is 0.340 e. The largest absolute Gasteiger partial charge is 0.548 e. The van der Waals surface area contributed by atoms with Gasteiger partial charge in [0.25, 0.3) is 5.91 Å². The molecule has 0 aliphatic rings. The first-order chi connectivity index (χ1) is 16.7. The molecular formula is C26H27N2O7-. The van der Waals surface area contributed by atoms with E-state index in [1.54, 1.807) is 26.0 Å². The Balaban J connectivity index is 1.60. The van der Waals surface area contributed by atoms with Gasteiger partial charge in [-0.2, -0.15) is 0 Å². The van der Waals surface area contributed by atoms with Crippen molar-refractivity contribution in [3.8, 4) is 5.75 Å². The summed E-state index contributed by atoms with van der Waals surface area (Å²) in [6, 6.07) is 13.4. The Labute approximate surface area is 202 Å². The van der Waals surface area contributed by atoms with Crippen molar-refractivity contribution in [2.24, 2.45) is 5.92 Å². The molecule has 0 saturated heterocycles. The molecule has 0 aliphatic carbocycles. The molecule has 2 N–H and O–H groups in total. The lowest BCUT2D eigenvalue weighted by Gasteiger charge is -2.23. The van der Waals surface area contributed by atoms with Crippen LogP contribution in [0.2, 0.25) is 0 Å². The molecule has 1 heterocycles. The van der Waals surface area contributed by atoms with Crippen LogP contribution >= 0.6 is 0 Å². The highest BCUT2D eigenvalue weighted by Gasteiger charge is 2.18. The van der Waals surface area contributed by atoms with Crippen molar-refractivity contribution in [2.75, 3.05) is 13.2 Å². The van der Waals surface area contributed by atoms with Gasteiger partial charge in [0.15, 0.2) is 6.61 Å². The summed E-state index contributed by atoms with van der Waals surface area (Å²) in [5, 5.41) is 16.5. The molecule has 0 fully saturated rings. The van der Waals surface area contributed by atoms with E-state index in [0.29, 0.717) is 23.3 Å². The molecule has 0 radical (unpaired) electrons. The summed E-state index contributed by atoms with van der Waals surface area (Å²) in [7, 11) is 0. The fraction of sp³-hybridized carbons (Fsp3) is 0.308. The summed E-state index contributed by atoms with van der Waals surface area (Å²) in [5.74, 6) is -2.68. The van der Waals surface area contributed by atoms with Crippen molar-refractivity contribution < 1.29 is 28.6 Å². The minimum Gasteiger partial charge on any atom is -0.548 e. The van der Waals surface area contributed by atoms with E-state index in [0.717, 1.165) is 16.5 Å². The lowest BCUT2D eigenvalue weighted by Crippen LogP contribution is -2.53. The van der Waals surface area contributed by atoms with Crippen LogP contribution in [-0.2, 0) is 20.8 Å². The molecule has 2 amide bonds. The third kappa shape index (κ3) is 6.69. The number of aryl methyl sites for hydroxylation is 1. The van der Waals surface area contributed by atoms with E-state index >= 15 is 0 Å². The molecule has 184 valence electrons. The summed E-state index contributed by atoms with van der Waals surface area (Å²) in [5.41, 5.74) is 2.29. The normalized spacial score (nSPS) is 11.8. The van der Waals surface area contributed by atoms with Gasteiger partial charge in [-0.15, -0.1) is 0 Å². The number of hydrogen-bond acceptors (Lipinski definition) is 7. The zero-order chi connectivity index (χ0) is 25.5. The van der Waals surface area contributed by atoms with Crippen LogP contribution in [-0.4, -0.2) is 37.0 Å². The zero-order valence-electron chi connectivity index (χ0n) is 19.8. The van der Waals surface area contributed by atoms with Gasteiger partial charge >= 0.3 is 5.63 Å². The number of carboxylic acids is 1. The fourth-order valence-electron chi connectivity index (χ4n) is 3.57. The molecule has 1 atom stereocenters. The standard InChI is InChI=1S/C26H28N2O7/c1-15(2)24(25(31)32)28-22(29)13-27-23(30)14-34-18-9-10-19-16(3)20(26(33)35-21(19)12-18)11-17-7-5-4-6-8-17/h4-10,12,15,24H,11,13-14H2,1-3H3,(H,27,30)(H,28,29)(H,31,32)/p-1/t24-/m0/s1. The van der Waals surface area contributed by atoms with Crippen LogP contribution in [0.25, 0.3) is 11.0 Å². The highest BCUT2D eigenvalue weighted by Crippen LogP contribution is 2.25. The maximum Gasteiger partial charge on any atom is 0.340 e. The van der Waals surface area contributed by atoms with Crippen molar-refractivity contribution >= 4 is 28.8 Å². The van der Waals surface area contributed by atoms with Crippen molar-refractivity contribution in [1.29, 1.82) is 0 Å². The van der Waals surface area contributed by atoms with Crippen molar-refractivity contribution in [3.05, 3.63) is 75.6 Å². The number of rotatable bonds is 10. The maximum absolute atomic E-state index is 12.6. The number of nitrogens with one attached hydrogen (secondary N) is 2. The zero-order valence-corrected chi connectivity index (χ0v) is 19.8. The Morgan fingerprint density at radius 2 is 1.77 bits per heavy atom. The molecule has 0 aliphatic heterocycles. The SMILES string of the molecule is Cc1c(Cc2ccccc2)c(=O)oc2cc(OCC(=O)NCC(=O)N[C@H](C(=O)[O-])C(C)C)ccc12. The van der Waals surface area contributed by atoms with Gasteiger partial charge < -0.3 is 29.7 Å². The summed E-state index contributed by atoms with van der Waals surface area (Å²) < 4.78 is 11.0. The highest BCUT2D eigenvalue weighted by molar-refractivity contribution is 5.88. The predicted molar refractivity (Wildman–Crippen MR) is 127 cm³/mol. The number of fused-ring (bicyclic) bond motifs is 1. The molecule has 9 heteroatoms. The summed E-state index contributed by atoms with van der Waals surface area (Å²) in [6.45, 7) is 4.33. The van der Waals surface area contributed by atoms with Gasteiger partial charge in [-0.1, -0.05) is 44.2 Å². The number of ether oxygens (including phenoxy) is 1. The molecule has 0 bridgehead atoms. The van der Waals surface area contributed by atoms with Crippen molar-refractivity contribution in [3.63, 3.8) is 0 Å². The number of carboxylic acid groups (broad SMARTS) is 1. The average Bonchev–Trinajstić information content (AvgIpc) is 2.82. The lowest BCUT2D eigenvalue weighted by atomic mass is 10.00. The molecule has 0 unspecified atom stereocenters. The van der Waals surface area contributed by atoms with Crippen LogP contribution in [0.5, 0.6) is 5.75 Å². The van der Waals surface area contributed by atoms with Gasteiger partial charge in [-0.25, -0.2) is 4.79 Å². The van der Waals surface area contributed by atoms with Gasteiger partial charge in [0.1, 0.15) is 11.3 Å². The van der Waals surface area contributed by atoms with Gasteiger partial charge in [0, 0.05) is 23.4 Å². The van der Waals surface area contributed by atoms with Gasteiger partial charge in [-0.05, 0) is 36.1 Å². The summed E-state index contributed by atoms with van der Waals surface area (Å²) in [6.07, 6.45) is 0.456. The van der Waals surface area contributed by atoms with Crippen LogP contribution in [0.1, 0.15) is 30.5 Å². The van der Waals surface area contributed by atoms with Crippen molar-refractivity contribution in [2.45, 2.75) is 33.2 Å². The number of aliphatic carboxylic acids is 1. The maximum atomic E-state index is 12.6. The first-order valence-electron chi connectivity index (χ1n) is 11.2. The van der Waals surface area contributed by atoms with Gasteiger partial charge in [0.05, 0.1) is 18.6 Å². The molecular weight excluding hydrogens is 452 g/mol. The van der Waals surface area contributed by atoms with Crippen molar-refractivity contribution in [1.82, 2.24) is 10.6 Å². The molecule has 2 aromatic carbocycles. The second-order valence-electron chi connectivity index (χ2n) is 8.49. The van der Waals surface area contributed by atoms with Gasteiger partial charge in [-0.3, -0.25) is 9.59 Å². The average molecular weight is 480 g/mol. The second-order valence-corrected chi connectivity index (χ2v) is 8.49. The van der Waals surface area contributed by atoms with E-state index in [-0.39, 0.29) is 12.5 Å². The Kier molecular flexibility index (Phi) is 8.25. The van der Waals surface area contributed by atoms with Crippen LogP contribution in [0, 0.1) is 12.8 Å². The first kappa shape index (κ1) is 25.5. The third-order valence-electron chi connectivity index (χ3n) is 5.54. The molecule has 35 heavy (non-hydrogen) atoms. The second kappa shape index (κ2) is 11.3. The number of hydrogen-bond donors (Lipinski definition) is 2. The van der Waals surface area contributed by atoms with Crippen LogP contribution in [0.4, 0.5) is 0 Å². The molecule has 0 spiro atoms. The predicted octanol–water partition coefficient (Wildman–Crippen LogP) is 1.08. The number of carbonyl (C=O) groups is 3. The highest BCUT2D eigenvalue weighted by atomic mass is 16.5. The lowest BCUT2D eigenvalue weighted by molar-refractivity contribution is -0.309. The van der Waals surface area contributed by atoms with Crippen LogP contribution in [0.15, 0.2) is 57.7 Å². The Morgan fingerprint density at radius 1 is 1.06 bits per heavy atom. The monoisotopic (exact) mass is 479 g/mol. The minimum atomic E-state index is -1.40. The van der Waals surface area contributed by atoms with E-state index < -0.39 is 36.0 Å². The molecule has 3 rings (SSSR count). The van der Waals surface area contributed by atoms with E-state index in [2.05, 4.69) is 10.6 Å². The number of carbonyl (C=O) groups excluding carboxylic acids is 3. The molecule has 0 saturated carbocycles. The van der Waals surface area contributed by atoms with E-state index in [4.69, 9.17) is 9.15 Å². The van der Waals surface area contributed by atoms with E-state index in [1.165, 1.54) is 6.07 Å². The summed E-state index contributed by atoms with van der Waals surface area (Å²) in [4.78, 5) is 47.6. The van der Waals surface area contributed by atoms with Crippen LogP contribution < -0.4 is 26.1 Å². The third-order valence-corrected chi connectivity index (χ3v) is 5.54. The molecule has 9 nitrogen and oxygen atoms in total. The van der Waals surface area contributed by atoms with Crippen LogP contribution in [0.3, 0.4) is 0 Å². The molecule has 1 aromatic heterocycles. The Morgan fingerprint density at radius 3 is 2.43 bits per heavy atom. The number of benzene rings is 2. The van der Waals surface area contributed by atoms with E-state index in [1.807, 2.05) is 37.3 Å². The fourth-order valence-corrected chi connectivity index (χ4v) is 3.57.